The van der Waals surface area contributed by atoms with E-state index >= 15 is 4.39 Å². The maximum absolute atomic E-state index is 15.4. The number of piperazine rings is 1. The Bertz CT molecular complexity index is 2430. The van der Waals surface area contributed by atoms with Crippen molar-refractivity contribution in [3.63, 3.8) is 0 Å². The lowest BCUT2D eigenvalue weighted by atomic mass is 10.1. The molecular formula is C37H36ClF5N10O4. The molecule has 3 aromatic heterocycles. The molecular weight excluding hydrogens is 779 g/mol. The summed E-state index contributed by atoms with van der Waals surface area (Å²) in [6, 6.07) is 6.85. The topological polar surface area (TPSA) is 154 Å². The van der Waals surface area contributed by atoms with Gasteiger partial charge in [0.1, 0.15) is 30.5 Å². The molecule has 0 bridgehead atoms. The number of benzene rings is 2. The van der Waals surface area contributed by atoms with E-state index in [9.17, 15) is 37.1 Å². The van der Waals surface area contributed by atoms with Crippen LogP contribution in [0.3, 0.4) is 0 Å². The van der Waals surface area contributed by atoms with Crippen molar-refractivity contribution in [2.24, 2.45) is 0 Å². The van der Waals surface area contributed by atoms with Crippen LogP contribution in [0.1, 0.15) is 46.3 Å². The fourth-order valence-electron chi connectivity index (χ4n) is 7.07. The third kappa shape index (κ3) is 7.98. The van der Waals surface area contributed by atoms with Crippen LogP contribution in [0.2, 0.25) is 5.02 Å². The Kier molecular flexibility index (Phi) is 10.9. The van der Waals surface area contributed by atoms with Crippen LogP contribution >= 0.6 is 11.6 Å². The summed E-state index contributed by atoms with van der Waals surface area (Å²) in [5.74, 6) is -2.24. The largest absolute Gasteiger partial charge is 0.504 e. The van der Waals surface area contributed by atoms with Crippen molar-refractivity contribution in [1.82, 2.24) is 38.9 Å². The van der Waals surface area contributed by atoms with Gasteiger partial charge in [-0.2, -0.15) is 22.7 Å². The van der Waals surface area contributed by atoms with Gasteiger partial charge in [-0.05, 0) is 44.0 Å². The number of carbonyl (C=O) groups is 2. The number of aryl methyl sites for hydroxylation is 1. The standard InChI is InChI=1S/C37H36ClF5N10O4/c1-3-28-31(50-10-12-51(13-11-50)34(56)30-32(55)20(2)44-19-45-30)35(57)53-36(52(28)18-29(54)46-27-7-6-23(15-25(27)38)37(41,42)43)47-33(48-53)21-4-5-22(26(40)14-21)16-49-9-8-24(39)17-49/h4-7,14-15,19,24,55H,3,8-13,16-18H2,1-2H3,(H,46,54)/t24-/m0/s1. The number of rotatable bonds is 9. The molecule has 2 aliphatic heterocycles. The molecule has 5 aromatic rings. The third-order valence-corrected chi connectivity index (χ3v) is 10.4. The highest BCUT2D eigenvalue weighted by atomic mass is 35.5. The van der Waals surface area contributed by atoms with E-state index in [1.807, 2.05) is 4.90 Å². The number of nitrogens with one attached hydrogen (secondary N) is 1. The van der Waals surface area contributed by atoms with Gasteiger partial charge in [-0.3, -0.25) is 19.3 Å². The number of hydrogen-bond acceptors (Lipinski definition) is 10. The summed E-state index contributed by atoms with van der Waals surface area (Å²) in [5.41, 5.74) is -0.501. The van der Waals surface area contributed by atoms with Crippen molar-refractivity contribution in [3.8, 4) is 17.1 Å². The van der Waals surface area contributed by atoms with Gasteiger partial charge >= 0.3 is 6.18 Å². The van der Waals surface area contributed by atoms with Crippen molar-refractivity contribution in [2.75, 3.05) is 49.5 Å². The number of likely N-dealkylation sites (tertiary alicyclic amines) is 1. The Labute approximate surface area is 326 Å². The zero-order chi connectivity index (χ0) is 40.8. The number of amides is 2. The number of anilines is 2. The van der Waals surface area contributed by atoms with Gasteiger partial charge in [-0.1, -0.05) is 30.7 Å². The van der Waals surface area contributed by atoms with Crippen LogP contribution in [0.25, 0.3) is 17.2 Å². The molecule has 2 amide bonds. The first-order valence-corrected chi connectivity index (χ1v) is 18.4. The van der Waals surface area contributed by atoms with Crippen molar-refractivity contribution in [1.29, 1.82) is 0 Å². The van der Waals surface area contributed by atoms with Gasteiger partial charge in [-0.25, -0.2) is 18.7 Å². The molecule has 2 saturated heterocycles. The summed E-state index contributed by atoms with van der Waals surface area (Å²) in [5, 5.41) is 17.0. The molecule has 0 saturated carbocycles. The first-order valence-electron chi connectivity index (χ1n) is 18.0. The molecule has 2 N–H and O–H groups in total. The summed E-state index contributed by atoms with van der Waals surface area (Å²) in [7, 11) is 0. The van der Waals surface area contributed by atoms with Gasteiger partial charge in [0.25, 0.3) is 11.5 Å². The predicted octanol–water partition coefficient (Wildman–Crippen LogP) is 4.88. The Morgan fingerprint density at radius 3 is 2.46 bits per heavy atom. The minimum atomic E-state index is -4.66. The van der Waals surface area contributed by atoms with E-state index in [0.29, 0.717) is 30.3 Å². The van der Waals surface area contributed by atoms with E-state index in [2.05, 4.69) is 25.4 Å². The minimum Gasteiger partial charge on any atom is -0.504 e. The lowest BCUT2D eigenvalue weighted by molar-refractivity contribution is -0.137. The second-order valence-electron chi connectivity index (χ2n) is 13.8. The first-order chi connectivity index (χ1) is 27.1. The number of hydrogen-bond donors (Lipinski definition) is 2. The van der Waals surface area contributed by atoms with Gasteiger partial charge in [0.15, 0.2) is 17.3 Å². The highest BCUT2D eigenvalue weighted by molar-refractivity contribution is 6.33. The van der Waals surface area contributed by atoms with Gasteiger partial charge in [-0.15, -0.1) is 5.10 Å². The van der Waals surface area contributed by atoms with Gasteiger partial charge in [0, 0.05) is 56.9 Å². The van der Waals surface area contributed by atoms with Gasteiger partial charge in [0.2, 0.25) is 11.7 Å². The molecule has 1 atom stereocenters. The van der Waals surface area contributed by atoms with E-state index in [1.54, 1.807) is 24.0 Å². The molecule has 2 aliphatic rings. The van der Waals surface area contributed by atoms with E-state index in [4.69, 9.17) is 11.6 Å². The van der Waals surface area contributed by atoms with Crippen molar-refractivity contribution in [2.45, 2.75) is 52.1 Å². The van der Waals surface area contributed by atoms with Crippen LogP contribution in [0.15, 0.2) is 47.5 Å². The number of aromatic nitrogens is 6. The van der Waals surface area contributed by atoms with E-state index in [-0.39, 0.29) is 96.4 Å². The van der Waals surface area contributed by atoms with Gasteiger partial charge in [0.05, 0.1) is 27.7 Å². The highest BCUT2D eigenvalue weighted by Crippen LogP contribution is 2.34. The van der Waals surface area contributed by atoms with Crippen LogP contribution in [0.4, 0.5) is 33.3 Å². The first kappa shape index (κ1) is 39.5. The molecule has 14 nitrogen and oxygen atoms in total. The monoisotopic (exact) mass is 814 g/mol. The minimum absolute atomic E-state index is 0.0305. The molecule has 7 rings (SSSR count). The molecule has 2 aromatic carbocycles. The SMILES string of the molecule is CCc1c(N2CCN(C(=O)c3ncnc(C)c3O)CC2)c(=O)n2nc(-c3ccc(CN4CC[C@H](F)C4)c(F)c3)nc2n1CC(=O)Nc1ccc(C(F)(F)F)cc1Cl. The van der Waals surface area contributed by atoms with Crippen LogP contribution < -0.4 is 15.8 Å². The quantitative estimate of drug-likeness (QED) is 0.197. The van der Waals surface area contributed by atoms with Crippen LogP contribution in [0.5, 0.6) is 5.75 Å². The maximum atomic E-state index is 15.4. The normalized spacial score (nSPS) is 16.5. The average molecular weight is 815 g/mol. The molecule has 5 heterocycles. The lowest BCUT2D eigenvalue weighted by Gasteiger charge is -2.36. The fourth-order valence-corrected chi connectivity index (χ4v) is 7.30. The summed E-state index contributed by atoms with van der Waals surface area (Å²) in [6.45, 7) is 4.30. The molecule has 0 unspecified atom stereocenters. The second-order valence-corrected chi connectivity index (χ2v) is 14.2. The zero-order valence-electron chi connectivity index (χ0n) is 30.7. The zero-order valence-corrected chi connectivity index (χ0v) is 31.4. The average Bonchev–Trinajstić information content (AvgIpc) is 3.81. The smallest absolute Gasteiger partial charge is 0.416 e. The van der Waals surface area contributed by atoms with Crippen LogP contribution in [0, 0.1) is 12.7 Å². The second kappa shape index (κ2) is 15.7. The molecule has 20 heteroatoms. The van der Waals surface area contributed by atoms with Crippen molar-refractivity contribution < 1.29 is 36.6 Å². The molecule has 57 heavy (non-hydrogen) atoms. The Balaban J connectivity index is 1.24. The Hall–Kier alpha value is -5.69. The van der Waals surface area contributed by atoms with Crippen molar-refractivity contribution >= 4 is 40.6 Å². The number of halogens is 6. The lowest BCUT2D eigenvalue weighted by Crippen LogP contribution is -2.51. The summed E-state index contributed by atoms with van der Waals surface area (Å²) < 4.78 is 71.4. The van der Waals surface area contributed by atoms with E-state index < -0.39 is 47.6 Å². The van der Waals surface area contributed by atoms with Crippen LogP contribution in [-0.2, 0) is 30.5 Å². The van der Waals surface area contributed by atoms with Crippen molar-refractivity contribution in [3.05, 3.63) is 92.1 Å². The Morgan fingerprint density at radius 1 is 1.05 bits per heavy atom. The number of alkyl halides is 4. The summed E-state index contributed by atoms with van der Waals surface area (Å²) in [6.07, 6.45) is -3.87. The third-order valence-electron chi connectivity index (χ3n) is 10.0. The molecule has 0 spiro atoms. The molecule has 0 radical (unpaired) electrons. The van der Waals surface area contributed by atoms with E-state index in [1.165, 1.54) is 28.8 Å². The molecule has 0 aliphatic carbocycles. The van der Waals surface area contributed by atoms with Crippen LogP contribution in [-0.4, -0.2) is 101 Å². The molecule has 2 fully saturated rings. The highest BCUT2D eigenvalue weighted by Gasteiger charge is 2.33. The predicted molar refractivity (Wildman–Crippen MR) is 198 cm³/mol. The number of carbonyl (C=O) groups excluding carboxylic acids is 2. The maximum Gasteiger partial charge on any atom is 0.416 e. The van der Waals surface area contributed by atoms with Gasteiger partial charge < -0.3 is 24.8 Å². The van der Waals surface area contributed by atoms with E-state index in [0.717, 1.165) is 16.6 Å². The Morgan fingerprint density at radius 2 is 1.81 bits per heavy atom. The summed E-state index contributed by atoms with van der Waals surface area (Å²) in [4.78, 5) is 58.7. The summed E-state index contributed by atoms with van der Waals surface area (Å²) >= 11 is 6.13. The number of fused-ring (bicyclic) bond motifs is 1. The fraction of sp³-hybridized carbons (Fsp3) is 0.378. The number of aromatic hydroxyl groups is 1. The molecule has 300 valence electrons. The number of nitrogens with zero attached hydrogens (tertiary/aromatic N) is 9.